The van der Waals surface area contributed by atoms with Gasteiger partial charge in [-0.25, -0.2) is 9.59 Å². The first kappa shape index (κ1) is 26.9. The van der Waals surface area contributed by atoms with E-state index in [9.17, 15) is 19.7 Å². The zero-order valence-electron chi connectivity index (χ0n) is 19.4. The van der Waals surface area contributed by atoms with Gasteiger partial charge < -0.3 is 20.1 Å². The van der Waals surface area contributed by atoms with Gasteiger partial charge in [-0.15, -0.1) is 0 Å². The molecule has 0 aromatic heterocycles. The highest BCUT2D eigenvalue weighted by Gasteiger charge is 2.39. The van der Waals surface area contributed by atoms with Crippen molar-refractivity contribution < 1.29 is 24.0 Å². The molecule has 0 saturated heterocycles. The molecule has 11 heteroatoms. The number of thioether (sulfide) groups is 1. The number of nitriles is 1. The third kappa shape index (κ3) is 6.82. The third-order valence-corrected chi connectivity index (χ3v) is 6.03. The van der Waals surface area contributed by atoms with E-state index in [4.69, 9.17) is 14.7 Å². The fourth-order valence-electron chi connectivity index (χ4n) is 3.58. The molecule has 1 aromatic carbocycles. The van der Waals surface area contributed by atoms with Gasteiger partial charge in [-0.1, -0.05) is 12.1 Å². The van der Waals surface area contributed by atoms with E-state index in [-0.39, 0.29) is 23.4 Å². The quantitative estimate of drug-likeness (QED) is 0.195. The average Bonchev–Trinajstić information content (AvgIpc) is 2.82. The summed E-state index contributed by atoms with van der Waals surface area (Å²) in [5.74, 6) is -0.997. The van der Waals surface area contributed by atoms with Gasteiger partial charge in [0.1, 0.15) is 0 Å². The molecule has 2 rings (SSSR count). The molecule has 0 fully saturated rings. The maximum absolute atomic E-state index is 13.1. The van der Waals surface area contributed by atoms with E-state index in [1.807, 2.05) is 0 Å². The van der Waals surface area contributed by atoms with Gasteiger partial charge in [-0.2, -0.15) is 17.0 Å². The number of non-ortho nitro benzene ring substituents is 1. The molecule has 1 aliphatic rings. The number of nitro groups is 1. The number of allylic oxidation sites excluding steroid dienone is 1. The molecule has 1 aromatic rings. The van der Waals surface area contributed by atoms with Crippen LogP contribution in [0.3, 0.4) is 0 Å². The zero-order valence-corrected chi connectivity index (χ0v) is 20.2. The lowest BCUT2D eigenvalue weighted by molar-refractivity contribution is -0.384. The Morgan fingerprint density at radius 2 is 2.06 bits per heavy atom. The summed E-state index contributed by atoms with van der Waals surface area (Å²) in [5.41, 5.74) is 1.75. The zero-order chi connectivity index (χ0) is 25.1. The number of hydrogen-bond donors (Lipinski definition) is 2. The van der Waals surface area contributed by atoms with Crippen LogP contribution in [0, 0.1) is 21.4 Å². The number of methoxy groups -OCH3 is 1. The van der Waals surface area contributed by atoms with E-state index in [2.05, 4.69) is 16.7 Å². The topological polar surface area (TPSA) is 144 Å². The standard InChI is InChI=1S/C23H28N4O6S/c1-4-33-23(29)21-18(14-34-12-11-25-10-6-9-24)26-15(2)19(22(28)32-3)20(21)16-7-5-8-17(13-16)27(30)31/h5,7-8,13,20,25-26H,4,6,10-12,14H2,1-3H3. The summed E-state index contributed by atoms with van der Waals surface area (Å²) in [6.07, 6.45) is 0.426. The van der Waals surface area contributed by atoms with Crippen LogP contribution >= 0.6 is 11.8 Å². The lowest BCUT2D eigenvalue weighted by Gasteiger charge is -2.31. The second kappa shape index (κ2) is 13.4. The van der Waals surface area contributed by atoms with Crippen LogP contribution in [0.2, 0.25) is 0 Å². The minimum Gasteiger partial charge on any atom is -0.466 e. The maximum atomic E-state index is 13.1. The Morgan fingerprint density at radius 3 is 2.71 bits per heavy atom. The molecule has 0 amide bonds. The summed E-state index contributed by atoms with van der Waals surface area (Å²) < 4.78 is 10.3. The molecule has 2 N–H and O–H groups in total. The van der Waals surface area contributed by atoms with Crippen LogP contribution in [-0.4, -0.2) is 55.2 Å². The van der Waals surface area contributed by atoms with Gasteiger partial charge in [0.15, 0.2) is 0 Å². The molecule has 0 saturated carbocycles. The highest BCUT2D eigenvalue weighted by Crippen LogP contribution is 2.40. The first-order valence-electron chi connectivity index (χ1n) is 10.7. The molecule has 0 aliphatic carbocycles. The number of esters is 2. The Balaban J connectivity index is 2.48. The number of nitrogens with one attached hydrogen (secondary N) is 2. The van der Waals surface area contributed by atoms with Gasteiger partial charge >= 0.3 is 11.9 Å². The second-order valence-corrected chi connectivity index (χ2v) is 8.37. The lowest BCUT2D eigenvalue weighted by atomic mass is 9.80. The summed E-state index contributed by atoms with van der Waals surface area (Å²) in [6.45, 7) is 4.80. The van der Waals surface area contributed by atoms with Crippen molar-refractivity contribution in [3.8, 4) is 6.07 Å². The van der Waals surface area contributed by atoms with Crippen LogP contribution in [0.1, 0.15) is 31.7 Å². The molecule has 1 heterocycles. The summed E-state index contributed by atoms with van der Waals surface area (Å²) in [4.78, 5) is 36.7. The maximum Gasteiger partial charge on any atom is 0.336 e. The van der Waals surface area contributed by atoms with E-state index in [0.29, 0.717) is 42.2 Å². The summed E-state index contributed by atoms with van der Waals surface area (Å²) in [7, 11) is 1.24. The minimum atomic E-state index is -0.892. The van der Waals surface area contributed by atoms with Crippen LogP contribution in [-0.2, 0) is 19.1 Å². The number of hydrogen-bond acceptors (Lipinski definition) is 10. The Kier molecular flexibility index (Phi) is 10.6. The van der Waals surface area contributed by atoms with Gasteiger partial charge in [-0.05, 0) is 19.4 Å². The number of rotatable bonds is 12. The number of dihydropyridines is 1. The molecule has 1 unspecified atom stereocenters. The molecule has 1 atom stereocenters. The summed E-state index contributed by atoms with van der Waals surface area (Å²) >= 11 is 1.56. The van der Waals surface area contributed by atoms with E-state index in [1.165, 1.54) is 25.3 Å². The number of nitrogens with zero attached hydrogens (tertiary/aromatic N) is 2. The van der Waals surface area contributed by atoms with Crippen molar-refractivity contribution in [2.75, 3.05) is 38.3 Å². The normalized spacial score (nSPS) is 15.4. The molecule has 1 aliphatic heterocycles. The Morgan fingerprint density at radius 1 is 1.29 bits per heavy atom. The van der Waals surface area contributed by atoms with E-state index < -0.39 is 22.8 Å². The van der Waals surface area contributed by atoms with Crippen LogP contribution in [0.4, 0.5) is 5.69 Å². The highest BCUT2D eigenvalue weighted by atomic mass is 32.2. The Labute approximate surface area is 202 Å². The SMILES string of the molecule is CCOC(=O)C1=C(CSCCNCCC#N)NC(C)=C(C(=O)OC)C1c1cccc([N+](=O)[O-])c1. The van der Waals surface area contributed by atoms with Crippen LogP contribution in [0.25, 0.3) is 0 Å². The number of carbonyl (C=O) groups is 2. The predicted octanol–water partition coefficient (Wildman–Crippen LogP) is 2.78. The average molecular weight is 489 g/mol. The van der Waals surface area contributed by atoms with Crippen molar-refractivity contribution in [1.29, 1.82) is 5.26 Å². The number of nitro benzene ring substituents is 1. The van der Waals surface area contributed by atoms with Crippen LogP contribution in [0.15, 0.2) is 46.8 Å². The van der Waals surface area contributed by atoms with Gasteiger partial charge in [0, 0.05) is 54.5 Å². The van der Waals surface area contributed by atoms with Gasteiger partial charge in [-0.3, -0.25) is 10.1 Å². The number of carbonyl (C=O) groups excluding carboxylic acids is 2. The third-order valence-electron chi connectivity index (χ3n) is 5.04. The minimum absolute atomic E-state index is 0.128. The predicted molar refractivity (Wildman–Crippen MR) is 128 cm³/mol. The molecule has 10 nitrogen and oxygen atoms in total. The molecule has 0 radical (unpaired) electrons. The van der Waals surface area contributed by atoms with Gasteiger partial charge in [0.05, 0.1) is 41.8 Å². The fraction of sp³-hybridized carbons (Fsp3) is 0.435. The largest absolute Gasteiger partial charge is 0.466 e. The molecule has 0 bridgehead atoms. The molecule has 0 spiro atoms. The first-order valence-corrected chi connectivity index (χ1v) is 11.9. The fourth-order valence-corrected chi connectivity index (χ4v) is 4.44. The van der Waals surface area contributed by atoms with Crippen molar-refractivity contribution in [3.05, 3.63) is 62.5 Å². The van der Waals surface area contributed by atoms with Crippen molar-refractivity contribution >= 4 is 29.4 Å². The Hall–Kier alpha value is -3.36. The molecular formula is C23H28N4O6S. The van der Waals surface area contributed by atoms with Crippen LogP contribution < -0.4 is 10.6 Å². The monoisotopic (exact) mass is 488 g/mol. The summed E-state index contributed by atoms with van der Waals surface area (Å²) in [5, 5.41) is 26.3. The Bertz CT molecular complexity index is 1030. The molecular weight excluding hydrogens is 460 g/mol. The van der Waals surface area contributed by atoms with E-state index >= 15 is 0 Å². The molecule has 182 valence electrons. The van der Waals surface area contributed by atoms with Gasteiger partial charge in [0.25, 0.3) is 5.69 Å². The van der Waals surface area contributed by atoms with Crippen LogP contribution in [0.5, 0.6) is 0 Å². The van der Waals surface area contributed by atoms with Crippen molar-refractivity contribution in [2.45, 2.75) is 26.2 Å². The van der Waals surface area contributed by atoms with Gasteiger partial charge in [0.2, 0.25) is 0 Å². The van der Waals surface area contributed by atoms with E-state index in [1.54, 1.807) is 31.7 Å². The highest BCUT2D eigenvalue weighted by molar-refractivity contribution is 7.99. The second-order valence-electron chi connectivity index (χ2n) is 7.26. The number of ether oxygens (including phenoxy) is 2. The lowest BCUT2D eigenvalue weighted by Crippen LogP contribution is -2.34. The van der Waals surface area contributed by atoms with E-state index in [0.717, 1.165) is 5.75 Å². The summed E-state index contributed by atoms with van der Waals surface area (Å²) in [6, 6.07) is 7.94. The van der Waals surface area contributed by atoms with Crippen molar-refractivity contribution in [1.82, 2.24) is 10.6 Å². The smallest absolute Gasteiger partial charge is 0.336 e. The first-order chi connectivity index (χ1) is 16.3. The van der Waals surface area contributed by atoms with Crippen molar-refractivity contribution in [3.63, 3.8) is 0 Å². The number of benzene rings is 1. The molecule has 34 heavy (non-hydrogen) atoms. The van der Waals surface area contributed by atoms with Crippen molar-refractivity contribution in [2.24, 2.45) is 0 Å².